The first-order valence-corrected chi connectivity index (χ1v) is 10.5. The molecular formula is C17H28N4O4S2. The fourth-order valence-corrected chi connectivity index (χ4v) is 4.48. The lowest BCUT2D eigenvalue weighted by atomic mass is 10.3. The predicted octanol–water partition coefficient (Wildman–Crippen LogP) is 0.446. The highest BCUT2D eigenvalue weighted by Crippen LogP contribution is 2.30. The van der Waals surface area contributed by atoms with Gasteiger partial charge in [-0.3, -0.25) is 0 Å². The minimum absolute atomic E-state index is 0.195. The number of ether oxygens (including phenoxy) is 2. The number of nitrogens with one attached hydrogen (secondary N) is 1. The normalized spacial score (nSPS) is 15.7. The molecule has 2 rings (SSSR count). The first-order valence-electron chi connectivity index (χ1n) is 8.69. The lowest BCUT2D eigenvalue weighted by molar-refractivity contribution is 0.263. The second kappa shape index (κ2) is 9.54. The molecule has 0 aromatic heterocycles. The largest absolute Gasteiger partial charge is 0.493 e. The summed E-state index contributed by atoms with van der Waals surface area (Å²) in [5.41, 5.74) is 0. The molecule has 0 radical (unpaired) electrons. The first-order chi connectivity index (χ1) is 12.8. The second-order valence-electron chi connectivity index (χ2n) is 6.44. The van der Waals surface area contributed by atoms with Gasteiger partial charge in [-0.15, -0.1) is 0 Å². The molecule has 0 bridgehead atoms. The van der Waals surface area contributed by atoms with E-state index in [0.717, 1.165) is 13.1 Å². The summed E-state index contributed by atoms with van der Waals surface area (Å²) in [6.45, 7) is 3.52. The molecule has 0 spiro atoms. The van der Waals surface area contributed by atoms with Crippen molar-refractivity contribution in [2.24, 2.45) is 0 Å². The Morgan fingerprint density at radius 2 is 1.78 bits per heavy atom. The number of piperazine rings is 1. The van der Waals surface area contributed by atoms with Crippen LogP contribution in [0.2, 0.25) is 0 Å². The number of hydrogen-bond donors (Lipinski definition) is 1. The lowest BCUT2D eigenvalue weighted by Gasteiger charge is -2.35. The van der Waals surface area contributed by atoms with Gasteiger partial charge in [0.05, 0.1) is 19.1 Å². The molecular weight excluding hydrogens is 388 g/mol. The van der Waals surface area contributed by atoms with E-state index in [1.54, 1.807) is 6.07 Å². The summed E-state index contributed by atoms with van der Waals surface area (Å²) in [6.07, 6.45) is 0. The van der Waals surface area contributed by atoms with Crippen molar-refractivity contribution in [3.63, 3.8) is 0 Å². The molecule has 10 heteroatoms. The van der Waals surface area contributed by atoms with E-state index in [9.17, 15) is 8.42 Å². The zero-order valence-electron chi connectivity index (χ0n) is 16.3. The van der Waals surface area contributed by atoms with Gasteiger partial charge in [0, 0.05) is 45.3 Å². The molecule has 1 saturated heterocycles. The fourth-order valence-electron chi connectivity index (χ4n) is 2.76. The maximum atomic E-state index is 12.9. The first kappa shape index (κ1) is 21.7. The van der Waals surface area contributed by atoms with Crippen molar-refractivity contribution in [3.05, 3.63) is 18.2 Å². The number of nitrogens with zero attached hydrogens (tertiary/aromatic N) is 3. The average Bonchev–Trinajstić information content (AvgIpc) is 2.67. The van der Waals surface area contributed by atoms with Crippen molar-refractivity contribution in [3.8, 4) is 11.5 Å². The Kier molecular flexibility index (Phi) is 7.66. The van der Waals surface area contributed by atoms with Gasteiger partial charge < -0.3 is 24.6 Å². The molecule has 1 fully saturated rings. The Balaban J connectivity index is 1.99. The third kappa shape index (κ3) is 5.44. The van der Waals surface area contributed by atoms with E-state index in [1.807, 2.05) is 19.0 Å². The Morgan fingerprint density at radius 1 is 1.15 bits per heavy atom. The predicted molar refractivity (Wildman–Crippen MR) is 109 cm³/mol. The standard InChI is InChI=1S/C17H28N4O4S2/c1-19(2)8-7-18-17(26)20-9-11-21(12-10-20)27(22,23)14-5-6-15(24-3)16(13-14)25-4/h5-6,13H,7-12H2,1-4H3,(H,18,26). The molecule has 1 aliphatic rings. The number of thiocarbonyl (C=S) groups is 1. The summed E-state index contributed by atoms with van der Waals surface area (Å²) in [5, 5.41) is 3.88. The molecule has 1 aliphatic heterocycles. The number of hydrogen-bond acceptors (Lipinski definition) is 6. The molecule has 0 saturated carbocycles. The molecule has 1 aromatic rings. The number of sulfonamides is 1. The van der Waals surface area contributed by atoms with Gasteiger partial charge in [-0.25, -0.2) is 8.42 Å². The van der Waals surface area contributed by atoms with Gasteiger partial charge in [-0.2, -0.15) is 4.31 Å². The van der Waals surface area contributed by atoms with Crippen LogP contribution < -0.4 is 14.8 Å². The zero-order valence-corrected chi connectivity index (χ0v) is 17.9. The summed E-state index contributed by atoms with van der Waals surface area (Å²) < 4.78 is 37.7. The number of rotatable bonds is 7. The molecule has 0 unspecified atom stereocenters. The average molecular weight is 417 g/mol. The highest BCUT2D eigenvalue weighted by molar-refractivity contribution is 7.89. The SMILES string of the molecule is COc1ccc(S(=O)(=O)N2CCN(C(=S)NCCN(C)C)CC2)cc1OC. The van der Waals surface area contributed by atoms with E-state index < -0.39 is 10.0 Å². The van der Waals surface area contributed by atoms with Gasteiger partial charge in [0.1, 0.15) is 0 Å². The summed E-state index contributed by atoms with van der Waals surface area (Å²) in [5.74, 6) is 0.888. The van der Waals surface area contributed by atoms with Crippen LogP contribution in [0.15, 0.2) is 23.1 Å². The molecule has 1 heterocycles. The van der Waals surface area contributed by atoms with Crippen molar-refractivity contribution in [1.82, 2.24) is 19.4 Å². The van der Waals surface area contributed by atoms with Crippen LogP contribution in [0.25, 0.3) is 0 Å². The summed E-state index contributed by atoms with van der Waals surface area (Å²) in [6, 6.07) is 4.64. The van der Waals surface area contributed by atoms with Gasteiger partial charge in [0.15, 0.2) is 16.6 Å². The lowest BCUT2D eigenvalue weighted by Crippen LogP contribution is -2.53. The van der Waals surface area contributed by atoms with E-state index in [2.05, 4.69) is 10.2 Å². The van der Waals surface area contributed by atoms with Gasteiger partial charge in [0.25, 0.3) is 0 Å². The van der Waals surface area contributed by atoms with E-state index in [-0.39, 0.29) is 4.90 Å². The molecule has 0 aliphatic carbocycles. The second-order valence-corrected chi connectivity index (χ2v) is 8.77. The summed E-state index contributed by atoms with van der Waals surface area (Å²) in [4.78, 5) is 4.27. The Morgan fingerprint density at radius 3 is 2.33 bits per heavy atom. The number of benzene rings is 1. The highest BCUT2D eigenvalue weighted by Gasteiger charge is 2.30. The van der Waals surface area contributed by atoms with Crippen LogP contribution in [0, 0.1) is 0 Å². The zero-order chi connectivity index (χ0) is 20.0. The molecule has 0 atom stereocenters. The molecule has 27 heavy (non-hydrogen) atoms. The van der Waals surface area contributed by atoms with Crippen LogP contribution in [-0.4, -0.2) is 95.2 Å². The van der Waals surface area contributed by atoms with Gasteiger partial charge in [0.2, 0.25) is 10.0 Å². The van der Waals surface area contributed by atoms with Gasteiger partial charge in [-0.1, -0.05) is 0 Å². The molecule has 0 amide bonds. The third-order valence-electron chi connectivity index (χ3n) is 4.35. The van der Waals surface area contributed by atoms with Crippen molar-refractivity contribution in [1.29, 1.82) is 0 Å². The monoisotopic (exact) mass is 416 g/mol. The maximum absolute atomic E-state index is 12.9. The highest BCUT2D eigenvalue weighted by atomic mass is 32.2. The Hall–Kier alpha value is -1.62. The maximum Gasteiger partial charge on any atom is 0.243 e. The summed E-state index contributed by atoms with van der Waals surface area (Å²) in [7, 11) is 3.41. The minimum atomic E-state index is -3.60. The van der Waals surface area contributed by atoms with Gasteiger partial charge >= 0.3 is 0 Å². The van der Waals surface area contributed by atoms with E-state index in [1.165, 1.54) is 30.7 Å². The Labute approximate surface area is 167 Å². The molecule has 1 N–H and O–H groups in total. The topological polar surface area (TPSA) is 74.4 Å². The van der Waals surface area contributed by atoms with Crippen LogP contribution >= 0.6 is 12.2 Å². The molecule has 1 aromatic carbocycles. The van der Waals surface area contributed by atoms with Crippen LogP contribution in [0.1, 0.15) is 0 Å². The smallest absolute Gasteiger partial charge is 0.243 e. The van der Waals surface area contributed by atoms with Crippen LogP contribution in [0.4, 0.5) is 0 Å². The number of likely N-dealkylation sites (N-methyl/N-ethyl adjacent to an activating group) is 1. The summed E-state index contributed by atoms with van der Waals surface area (Å²) >= 11 is 5.41. The van der Waals surface area contributed by atoms with Crippen molar-refractivity contribution < 1.29 is 17.9 Å². The molecule has 8 nitrogen and oxygen atoms in total. The Bertz CT molecular complexity index is 747. The van der Waals surface area contributed by atoms with Crippen LogP contribution in [0.5, 0.6) is 11.5 Å². The number of methoxy groups -OCH3 is 2. The fraction of sp³-hybridized carbons (Fsp3) is 0.588. The van der Waals surface area contributed by atoms with Crippen molar-refractivity contribution >= 4 is 27.4 Å². The quantitative estimate of drug-likeness (QED) is 0.642. The van der Waals surface area contributed by atoms with E-state index >= 15 is 0 Å². The molecule has 152 valence electrons. The third-order valence-corrected chi connectivity index (χ3v) is 6.65. The van der Waals surface area contributed by atoms with E-state index in [0.29, 0.717) is 42.8 Å². The minimum Gasteiger partial charge on any atom is -0.493 e. The van der Waals surface area contributed by atoms with Crippen LogP contribution in [0.3, 0.4) is 0 Å². The van der Waals surface area contributed by atoms with Crippen molar-refractivity contribution in [2.75, 3.05) is 67.6 Å². The van der Waals surface area contributed by atoms with Crippen molar-refractivity contribution in [2.45, 2.75) is 4.90 Å². The van der Waals surface area contributed by atoms with Gasteiger partial charge in [-0.05, 0) is 38.4 Å². The van der Waals surface area contributed by atoms with E-state index in [4.69, 9.17) is 21.7 Å². The van der Waals surface area contributed by atoms with Crippen LogP contribution in [-0.2, 0) is 10.0 Å².